The van der Waals surface area contributed by atoms with Crippen LogP contribution in [0.25, 0.3) is 0 Å². The summed E-state index contributed by atoms with van der Waals surface area (Å²) in [6.07, 6.45) is 0. The van der Waals surface area contributed by atoms with E-state index in [0.717, 1.165) is 11.1 Å². The largest absolute Gasteiger partial charge is 0.487 e. The first-order chi connectivity index (χ1) is 6.96. The predicted molar refractivity (Wildman–Crippen MR) is 55.4 cm³/mol. The molecule has 2 N–H and O–H groups in total. The van der Waals surface area contributed by atoms with Crippen molar-refractivity contribution >= 4 is 0 Å². The number of hydrogen-bond donors (Lipinski definition) is 1. The van der Waals surface area contributed by atoms with Gasteiger partial charge in [0.2, 0.25) is 0 Å². The minimum Gasteiger partial charge on any atom is -0.487 e. The standard InChI is InChI=1S/C11H15F2NO/c1-8-4-3-5-10(9(8)2)15-7-11(12,13)6-14/h3-5H,6-7,14H2,1-2H3. The van der Waals surface area contributed by atoms with Crippen LogP contribution in [-0.2, 0) is 0 Å². The Kier molecular flexibility index (Phi) is 3.63. The SMILES string of the molecule is Cc1cccc(OCC(F)(F)CN)c1C. The molecule has 0 atom stereocenters. The highest BCUT2D eigenvalue weighted by Gasteiger charge is 2.27. The minimum atomic E-state index is -2.96. The maximum Gasteiger partial charge on any atom is 0.293 e. The average Bonchev–Trinajstić information content (AvgIpc) is 2.20. The Bertz CT molecular complexity index is 339. The van der Waals surface area contributed by atoms with Crippen molar-refractivity contribution in [3.8, 4) is 5.75 Å². The van der Waals surface area contributed by atoms with E-state index < -0.39 is 19.1 Å². The van der Waals surface area contributed by atoms with Crippen LogP contribution in [0.15, 0.2) is 18.2 Å². The Labute approximate surface area is 88.0 Å². The summed E-state index contributed by atoms with van der Waals surface area (Å²) in [7, 11) is 0. The van der Waals surface area contributed by atoms with Gasteiger partial charge in [-0.25, -0.2) is 8.78 Å². The summed E-state index contributed by atoms with van der Waals surface area (Å²) in [6.45, 7) is 2.38. The summed E-state index contributed by atoms with van der Waals surface area (Å²) in [5.41, 5.74) is 6.81. The van der Waals surface area contributed by atoms with Crippen molar-refractivity contribution in [2.45, 2.75) is 19.8 Å². The van der Waals surface area contributed by atoms with Gasteiger partial charge in [0, 0.05) is 0 Å². The van der Waals surface area contributed by atoms with E-state index in [1.807, 2.05) is 19.9 Å². The van der Waals surface area contributed by atoms with Crippen molar-refractivity contribution in [2.75, 3.05) is 13.2 Å². The molecule has 15 heavy (non-hydrogen) atoms. The Balaban J connectivity index is 2.70. The van der Waals surface area contributed by atoms with Crippen LogP contribution >= 0.6 is 0 Å². The summed E-state index contributed by atoms with van der Waals surface area (Å²) in [6, 6.07) is 5.36. The normalized spacial score (nSPS) is 11.5. The molecule has 0 bridgehead atoms. The highest BCUT2D eigenvalue weighted by atomic mass is 19.3. The van der Waals surface area contributed by atoms with E-state index in [-0.39, 0.29) is 0 Å². The molecule has 0 radical (unpaired) electrons. The number of rotatable bonds is 4. The number of aryl methyl sites for hydroxylation is 1. The monoisotopic (exact) mass is 215 g/mol. The third-order valence-corrected chi connectivity index (χ3v) is 2.29. The van der Waals surface area contributed by atoms with Gasteiger partial charge < -0.3 is 10.5 Å². The summed E-state index contributed by atoms with van der Waals surface area (Å²) in [5, 5.41) is 0. The molecule has 1 aromatic rings. The zero-order valence-corrected chi connectivity index (χ0v) is 8.89. The topological polar surface area (TPSA) is 35.2 Å². The van der Waals surface area contributed by atoms with E-state index in [0.29, 0.717) is 5.75 Å². The molecule has 0 saturated heterocycles. The van der Waals surface area contributed by atoms with Crippen molar-refractivity contribution in [1.29, 1.82) is 0 Å². The fourth-order valence-corrected chi connectivity index (χ4v) is 1.12. The van der Waals surface area contributed by atoms with Gasteiger partial charge in [0.05, 0.1) is 6.54 Å². The highest BCUT2D eigenvalue weighted by Crippen LogP contribution is 2.22. The maximum absolute atomic E-state index is 12.8. The quantitative estimate of drug-likeness (QED) is 0.836. The summed E-state index contributed by atoms with van der Waals surface area (Å²) >= 11 is 0. The summed E-state index contributed by atoms with van der Waals surface area (Å²) in [5.74, 6) is -2.47. The molecule has 0 spiro atoms. The molecular weight excluding hydrogens is 200 g/mol. The molecule has 0 amide bonds. The van der Waals surface area contributed by atoms with Crippen LogP contribution < -0.4 is 10.5 Å². The Morgan fingerprint density at radius 2 is 2.00 bits per heavy atom. The smallest absolute Gasteiger partial charge is 0.293 e. The predicted octanol–water partition coefficient (Wildman–Crippen LogP) is 2.28. The van der Waals surface area contributed by atoms with E-state index >= 15 is 0 Å². The molecule has 0 fully saturated rings. The molecule has 0 saturated carbocycles. The molecule has 0 heterocycles. The zero-order valence-electron chi connectivity index (χ0n) is 8.89. The summed E-state index contributed by atoms with van der Waals surface area (Å²) < 4.78 is 30.7. The van der Waals surface area contributed by atoms with Gasteiger partial charge in [-0.05, 0) is 31.0 Å². The van der Waals surface area contributed by atoms with Crippen LogP contribution in [0, 0.1) is 13.8 Å². The number of ether oxygens (including phenoxy) is 1. The lowest BCUT2D eigenvalue weighted by atomic mass is 10.1. The highest BCUT2D eigenvalue weighted by molar-refractivity contribution is 5.38. The molecule has 2 nitrogen and oxygen atoms in total. The molecule has 0 aliphatic heterocycles. The second-order valence-corrected chi connectivity index (χ2v) is 3.55. The van der Waals surface area contributed by atoms with Crippen LogP contribution in [-0.4, -0.2) is 19.1 Å². The third-order valence-electron chi connectivity index (χ3n) is 2.29. The number of benzene rings is 1. The van der Waals surface area contributed by atoms with Gasteiger partial charge in [0.25, 0.3) is 5.92 Å². The van der Waals surface area contributed by atoms with Gasteiger partial charge in [-0.3, -0.25) is 0 Å². The Hall–Kier alpha value is -1.16. The molecule has 1 rings (SSSR count). The van der Waals surface area contributed by atoms with Gasteiger partial charge in [-0.15, -0.1) is 0 Å². The van der Waals surface area contributed by atoms with Crippen molar-refractivity contribution in [1.82, 2.24) is 0 Å². The second kappa shape index (κ2) is 4.57. The van der Waals surface area contributed by atoms with Gasteiger partial charge in [-0.2, -0.15) is 0 Å². The fraction of sp³-hybridized carbons (Fsp3) is 0.455. The van der Waals surface area contributed by atoms with E-state index in [2.05, 4.69) is 0 Å². The van der Waals surface area contributed by atoms with Crippen molar-refractivity contribution in [3.05, 3.63) is 29.3 Å². The van der Waals surface area contributed by atoms with E-state index in [1.54, 1.807) is 12.1 Å². The third kappa shape index (κ3) is 3.16. The van der Waals surface area contributed by atoms with E-state index in [4.69, 9.17) is 10.5 Å². The minimum absolute atomic E-state index is 0.489. The molecule has 1 aromatic carbocycles. The van der Waals surface area contributed by atoms with Crippen LogP contribution in [0.2, 0.25) is 0 Å². The average molecular weight is 215 g/mol. The van der Waals surface area contributed by atoms with Crippen LogP contribution in [0.4, 0.5) is 8.78 Å². The first-order valence-corrected chi connectivity index (χ1v) is 4.73. The number of halogens is 2. The van der Waals surface area contributed by atoms with Gasteiger partial charge in [-0.1, -0.05) is 12.1 Å². The van der Waals surface area contributed by atoms with Gasteiger partial charge in [0.1, 0.15) is 5.75 Å². The molecule has 0 aliphatic rings. The van der Waals surface area contributed by atoms with Gasteiger partial charge in [0.15, 0.2) is 6.61 Å². The molecule has 4 heteroatoms. The van der Waals surface area contributed by atoms with E-state index in [1.165, 1.54) is 0 Å². The molecule has 0 unspecified atom stereocenters. The van der Waals surface area contributed by atoms with E-state index in [9.17, 15) is 8.78 Å². The molecular formula is C11H15F2NO. The zero-order chi connectivity index (χ0) is 11.5. The van der Waals surface area contributed by atoms with Crippen LogP contribution in [0.1, 0.15) is 11.1 Å². The molecule has 0 aromatic heterocycles. The van der Waals surface area contributed by atoms with Crippen molar-refractivity contribution in [2.24, 2.45) is 5.73 Å². The second-order valence-electron chi connectivity index (χ2n) is 3.55. The van der Waals surface area contributed by atoms with Crippen molar-refractivity contribution in [3.63, 3.8) is 0 Å². The lowest BCUT2D eigenvalue weighted by molar-refractivity contribution is -0.0321. The lowest BCUT2D eigenvalue weighted by Gasteiger charge is -2.16. The number of alkyl halides is 2. The van der Waals surface area contributed by atoms with Crippen LogP contribution in [0.5, 0.6) is 5.75 Å². The Morgan fingerprint density at radius 3 is 2.60 bits per heavy atom. The Morgan fingerprint density at radius 1 is 1.33 bits per heavy atom. The number of hydrogen-bond acceptors (Lipinski definition) is 2. The number of nitrogens with two attached hydrogens (primary N) is 1. The first kappa shape index (κ1) is 11.9. The molecule has 0 aliphatic carbocycles. The molecule has 84 valence electrons. The maximum atomic E-state index is 12.8. The summed E-state index contributed by atoms with van der Waals surface area (Å²) in [4.78, 5) is 0. The van der Waals surface area contributed by atoms with Crippen molar-refractivity contribution < 1.29 is 13.5 Å². The fourth-order valence-electron chi connectivity index (χ4n) is 1.12. The van der Waals surface area contributed by atoms with Gasteiger partial charge >= 0.3 is 0 Å². The first-order valence-electron chi connectivity index (χ1n) is 4.73. The van der Waals surface area contributed by atoms with Crippen LogP contribution in [0.3, 0.4) is 0 Å². The lowest BCUT2D eigenvalue weighted by Crippen LogP contribution is -2.34.